The van der Waals surface area contributed by atoms with Gasteiger partial charge in [-0.25, -0.2) is 4.98 Å². The van der Waals surface area contributed by atoms with Crippen LogP contribution >= 0.6 is 0 Å². The first-order valence-corrected chi connectivity index (χ1v) is 13.6. The van der Waals surface area contributed by atoms with E-state index >= 15 is 0 Å². The van der Waals surface area contributed by atoms with Gasteiger partial charge in [0.1, 0.15) is 0 Å². The molecule has 0 amide bonds. The molecule has 1 atom stereocenters. The molecule has 0 bridgehead atoms. The fourth-order valence-electron chi connectivity index (χ4n) is 3.67. The first-order chi connectivity index (χ1) is 17.0. The number of carboxylic acid groups (broad SMARTS) is 1. The number of carbonyl (C=O) groups is 2. The summed E-state index contributed by atoms with van der Waals surface area (Å²) < 4.78 is 7.18. The van der Waals surface area contributed by atoms with E-state index in [-0.39, 0.29) is 54.5 Å². The number of ether oxygens (including phenoxy) is 1. The SMILES string of the molecule is CC.CCCCC/C=C\C/C=C\CCCCCCCC(=O)OCC(CC(=O)[O-])Cc1cncn1C.[Na+]. The Morgan fingerprint density at radius 3 is 2.19 bits per heavy atom. The number of aliphatic carboxylic acids is 1. The van der Waals surface area contributed by atoms with Gasteiger partial charge in [0, 0.05) is 37.2 Å². The number of esters is 1. The molecule has 0 fully saturated rings. The first-order valence-electron chi connectivity index (χ1n) is 13.6. The molecular formula is C29H49N2NaO4. The van der Waals surface area contributed by atoms with Crippen LogP contribution in [0.1, 0.15) is 110 Å². The normalized spacial score (nSPS) is 11.7. The number of hydrogen-bond donors (Lipinski definition) is 0. The summed E-state index contributed by atoms with van der Waals surface area (Å²) in [5.74, 6) is -1.69. The second-order valence-corrected chi connectivity index (χ2v) is 8.81. The van der Waals surface area contributed by atoms with Gasteiger partial charge in [-0.3, -0.25) is 4.79 Å². The number of carboxylic acids is 1. The van der Waals surface area contributed by atoms with E-state index in [1.165, 1.54) is 38.5 Å². The number of nitrogens with zero attached hydrogens (tertiary/aromatic N) is 2. The average molecular weight is 513 g/mol. The van der Waals surface area contributed by atoms with Gasteiger partial charge in [-0.05, 0) is 51.4 Å². The van der Waals surface area contributed by atoms with Crippen molar-refractivity contribution in [3.8, 4) is 0 Å². The van der Waals surface area contributed by atoms with E-state index in [0.717, 1.165) is 37.8 Å². The van der Waals surface area contributed by atoms with Crippen molar-refractivity contribution in [3.05, 3.63) is 42.5 Å². The molecule has 0 aliphatic carbocycles. The van der Waals surface area contributed by atoms with Gasteiger partial charge in [-0.1, -0.05) is 77.2 Å². The summed E-state index contributed by atoms with van der Waals surface area (Å²) in [6, 6.07) is 0. The molecule has 7 heteroatoms. The second kappa shape index (κ2) is 26.7. The van der Waals surface area contributed by atoms with E-state index in [0.29, 0.717) is 12.8 Å². The van der Waals surface area contributed by atoms with Crippen LogP contribution in [-0.4, -0.2) is 28.1 Å². The number of rotatable bonds is 20. The van der Waals surface area contributed by atoms with Crippen LogP contribution in [0.25, 0.3) is 0 Å². The topological polar surface area (TPSA) is 84.2 Å². The standard InChI is InChI=1S/C27H44N2O4.C2H6.Na/c1-3-4-5-6-7-8-9-10-11-12-13-14-15-16-17-18-27(32)33-22-24(20-26(30)31)19-25-21-28-23-29(25)2;1-2;/h7-8,10-11,21,23-24H,3-6,9,12-20,22H2,1-2H3,(H,30,31);1-2H3;/q;;+1/p-1/b8-7-,11-10-;;. The minimum Gasteiger partial charge on any atom is -0.550 e. The van der Waals surface area contributed by atoms with E-state index < -0.39 is 5.97 Å². The number of aromatic nitrogens is 2. The molecule has 6 nitrogen and oxygen atoms in total. The third kappa shape index (κ3) is 21.9. The van der Waals surface area contributed by atoms with Gasteiger partial charge in [0.25, 0.3) is 0 Å². The second-order valence-electron chi connectivity index (χ2n) is 8.81. The zero-order valence-corrected chi connectivity index (χ0v) is 25.7. The molecule has 1 aromatic rings. The Morgan fingerprint density at radius 2 is 1.61 bits per heavy atom. The van der Waals surface area contributed by atoms with Crippen molar-refractivity contribution in [2.45, 2.75) is 111 Å². The zero-order valence-electron chi connectivity index (χ0n) is 23.7. The van der Waals surface area contributed by atoms with Crippen molar-refractivity contribution in [1.29, 1.82) is 0 Å². The van der Waals surface area contributed by atoms with E-state index in [2.05, 4.69) is 36.2 Å². The fourth-order valence-corrected chi connectivity index (χ4v) is 3.67. The maximum absolute atomic E-state index is 12.0. The molecule has 0 saturated heterocycles. The van der Waals surface area contributed by atoms with Crippen LogP contribution in [0.4, 0.5) is 0 Å². The first kappa shape index (κ1) is 36.8. The van der Waals surface area contributed by atoms with Crippen molar-refractivity contribution < 1.29 is 49.0 Å². The number of hydrogen-bond acceptors (Lipinski definition) is 5. The van der Waals surface area contributed by atoms with Gasteiger partial charge in [-0.15, -0.1) is 0 Å². The fraction of sp³-hybridized carbons (Fsp3) is 0.690. The Hall–Kier alpha value is -1.37. The van der Waals surface area contributed by atoms with Crippen LogP contribution < -0.4 is 34.7 Å². The molecule has 0 aliphatic heterocycles. The molecule has 0 saturated carbocycles. The number of carbonyl (C=O) groups excluding carboxylic acids is 2. The van der Waals surface area contributed by atoms with Crippen LogP contribution in [0.3, 0.4) is 0 Å². The molecule has 1 rings (SSSR count). The van der Waals surface area contributed by atoms with E-state index in [9.17, 15) is 14.7 Å². The number of aryl methyl sites for hydroxylation is 1. The van der Waals surface area contributed by atoms with Crippen molar-refractivity contribution >= 4 is 11.9 Å². The molecule has 0 aromatic carbocycles. The summed E-state index contributed by atoms with van der Waals surface area (Å²) in [6.45, 7) is 6.32. The van der Waals surface area contributed by atoms with Gasteiger partial charge in [0.05, 0.1) is 12.9 Å². The van der Waals surface area contributed by atoms with Gasteiger partial charge in [-0.2, -0.15) is 0 Å². The Labute approximate surface area is 242 Å². The molecule has 1 aromatic heterocycles. The summed E-state index contributed by atoms with van der Waals surface area (Å²) in [7, 11) is 1.86. The maximum atomic E-state index is 12.0. The van der Waals surface area contributed by atoms with E-state index in [1.807, 2.05) is 25.5 Å². The Morgan fingerprint density at radius 1 is 1.00 bits per heavy atom. The number of allylic oxidation sites excluding steroid dienone is 4. The molecule has 0 aliphatic rings. The maximum Gasteiger partial charge on any atom is 1.00 e. The van der Waals surface area contributed by atoms with Crippen LogP contribution in [0.2, 0.25) is 0 Å². The molecule has 0 spiro atoms. The zero-order chi connectivity index (χ0) is 26.2. The third-order valence-electron chi connectivity index (χ3n) is 5.68. The van der Waals surface area contributed by atoms with Crippen LogP contribution in [0, 0.1) is 5.92 Å². The largest absolute Gasteiger partial charge is 1.00 e. The van der Waals surface area contributed by atoms with Crippen LogP contribution in [0.15, 0.2) is 36.8 Å². The minimum absolute atomic E-state index is 0. The molecule has 1 heterocycles. The predicted octanol–water partition coefficient (Wildman–Crippen LogP) is 3.11. The van der Waals surface area contributed by atoms with Crippen molar-refractivity contribution in [2.24, 2.45) is 13.0 Å². The third-order valence-corrected chi connectivity index (χ3v) is 5.68. The van der Waals surface area contributed by atoms with Crippen LogP contribution in [-0.2, 0) is 27.8 Å². The quantitative estimate of drug-likeness (QED) is 0.116. The van der Waals surface area contributed by atoms with Crippen molar-refractivity contribution in [2.75, 3.05) is 6.61 Å². The minimum atomic E-state index is -1.13. The van der Waals surface area contributed by atoms with Gasteiger partial charge < -0.3 is 19.2 Å². The monoisotopic (exact) mass is 512 g/mol. The van der Waals surface area contributed by atoms with Crippen LogP contribution in [0.5, 0.6) is 0 Å². The van der Waals surface area contributed by atoms with Gasteiger partial charge >= 0.3 is 35.5 Å². The summed E-state index contributed by atoms with van der Waals surface area (Å²) in [6.07, 6.45) is 25.7. The molecule has 0 N–H and O–H groups in total. The smallest absolute Gasteiger partial charge is 0.550 e. The number of unbranched alkanes of at least 4 members (excludes halogenated alkanes) is 8. The summed E-state index contributed by atoms with van der Waals surface area (Å²) in [5.41, 5.74) is 0.908. The molecule has 200 valence electrons. The molecular weight excluding hydrogens is 463 g/mol. The van der Waals surface area contributed by atoms with E-state index in [4.69, 9.17) is 4.74 Å². The molecule has 0 radical (unpaired) electrons. The average Bonchev–Trinajstić information content (AvgIpc) is 3.25. The predicted molar refractivity (Wildman–Crippen MR) is 142 cm³/mol. The summed E-state index contributed by atoms with van der Waals surface area (Å²) in [5, 5.41) is 11.0. The molecule has 1 unspecified atom stereocenters. The molecule has 36 heavy (non-hydrogen) atoms. The Kier molecular flexibility index (Phi) is 27.3. The van der Waals surface area contributed by atoms with Crippen molar-refractivity contribution in [1.82, 2.24) is 9.55 Å². The van der Waals surface area contributed by atoms with Crippen molar-refractivity contribution in [3.63, 3.8) is 0 Å². The van der Waals surface area contributed by atoms with E-state index in [1.54, 1.807) is 12.5 Å². The Balaban J connectivity index is 0. The number of imidazole rings is 1. The van der Waals surface area contributed by atoms with Gasteiger partial charge in [0.15, 0.2) is 0 Å². The summed E-state index contributed by atoms with van der Waals surface area (Å²) in [4.78, 5) is 27.1. The van der Waals surface area contributed by atoms with Gasteiger partial charge in [0.2, 0.25) is 0 Å². The summed E-state index contributed by atoms with van der Waals surface area (Å²) >= 11 is 0. The Bertz CT molecular complexity index is 716.